The van der Waals surface area contributed by atoms with E-state index in [9.17, 15) is 4.79 Å². The normalized spacial score (nSPS) is 20.3. The number of carboxylic acid groups (broad SMARTS) is 1. The minimum absolute atomic E-state index is 0.292. The number of hydrogen-bond acceptors (Lipinski definition) is 3. The van der Waals surface area contributed by atoms with Gasteiger partial charge in [0, 0.05) is 31.7 Å². The van der Waals surface area contributed by atoms with Gasteiger partial charge in [-0.3, -0.25) is 14.4 Å². The highest BCUT2D eigenvalue weighted by Gasteiger charge is 2.23. The fraction of sp³-hybridized carbons (Fsp3) is 0.714. The first-order valence-electron chi connectivity index (χ1n) is 7.02. The molecule has 1 aliphatic heterocycles. The monoisotopic (exact) mass is 265 g/mol. The van der Waals surface area contributed by atoms with E-state index in [1.165, 1.54) is 0 Å². The number of aliphatic carboxylic acids is 1. The summed E-state index contributed by atoms with van der Waals surface area (Å²) in [6.07, 6.45) is 4.23. The molecule has 5 heteroatoms. The number of likely N-dealkylation sites (tertiary alicyclic amines) is 1. The molecule has 1 N–H and O–H groups in total. The van der Waals surface area contributed by atoms with Gasteiger partial charge < -0.3 is 5.11 Å². The maximum atomic E-state index is 10.6. The van der Waals surface area contributed by atoms with Crippen LogP contribution in [-0.2, 0) is 11.3 Å². The van der Waals surface area contributed by atoms with Gasteiger partial charge in [-0.15, -0.1) is 0 Å². The van der Waals surface area contributed by atoms with E-state index in [0.29, 0.717) is 18.4 Å². The van der Waals surface area contributed by atoms with Crippen LogP contribution >= 0.6 is 0 Å². The molecule has 1 atom stereocenters. The van der Waals surface area contributed by atoms with Crippen LogP contribution in [0, 0.1) is 5.92 Å². The predicted octanol–water partition coefficient (Wildman–Crippen LogP) is 2.15. The minimum Gasteiger partial charge on any atom is -0.481 e. The zero-order chi connectivity index (χ0) is 13.8. The maximum Gasteiger partial charge on any atom is 0.303 e. The highest BCUT2D eigenvalue weighted by molar-refractivity contribution is 5.66. The molecule has 1 fully saturated rings. The van der Waals surface area contributed by atoms with Crippen molar-refractivity contribution in [2.24, 2.45) is 5.92 Å². The van der Waals surface area contributed by atoms with E-state index in [1.54, 1.807) is 0 Å². The van der Waals surface area contributed by atoms with Gasteiger partial charge in [0.2, 0.25) is 0 Å². The second-order valence-electron chi connectivity index (χ2n) is 5.70. The number of rotatable bonds is 6. The summed E-state index contributed by atoms with van der Waals surface area (Å²) >= 11 is 0. The summed E-state index contributed by atoms with van der Waals surface area (Å²) in [5.74, 6) is -0.155. The van der Waals surface area contributed by atoms with Crippen LogP contribution in [0.3, 0.4) is 0 Å². The summed E-state index contributed by atoms with van der Waals surface area (Å²) in [4.78, 5) is 12.9. The van der Waals surface area contributed by atoms with Gasteiger partial charge >= 0.3 is 5.97 Å². The highest BCUT2D eigenvalue weighted by atomic mass is 16.4. The van der Waals surface area contributed by atoms with Crippen molar-refractivity contribution in [3.8, 4) is 0 Å². The predicted molar refractivity (Wildman–Crippen MR) is 72.9 cm³/mol. The van der Waals surface area contributed by atoms with E-state index in [1.807, 2.05) is 10.9 Å². The van der Waals surface area contributed by atoms with Crippen LogP contribution in [0.15, 0.2) is 12.3 Å². The Bertz CT molecular complexity index is 428. The molecule has 1 saturated heterocycles. The third-order valence-corrected chi connectivity index (χ3v) is 3.71. The lowest BCUT2D eigenvalue weighted by molar-refractivity contribution is -0.137. The molecular weight excluding hydrogens is 242 g/mol. The molecule has 2 rings (SSSR count). The molecule has 0 aromatic carbocycles. The van der Waals surface area contributed by atoms with Crippen molar-refractivity contribution in [3.05, 3.63) is 18.0 Å². The van der Waals surface area contributed by atoms with Crippen molar-refractivity contribution >= 4 is 5.97 Å². The maximum absolute atomic E-state index is 10.6. The number of hydrogen-bond donors (Lipinski definition) is 1. The van der Waals surface area contributed by atoms with E-state index < -0.39 is 5.97 Å². The first-order valence-corrected chi connectivity index (χ1v) is 7.02. The minimum atomic E-state index is -0.686. The molecular formula is C14H23N3O2. The summed E-state index contributed by atoms with van der Waals surface area (Å²) in [6.45, 7) is 7.17. The lowest BCUT2D eigenvalue weighted by Crippen LogP contribution is -2.20. The molecule has 0 saturated carbocycles. The van der Waals surface area contributed by atoms with Crippen LogP contribution in [0.4, 0.5) is 0 Å². The average molecular weight is 265 g/mol. The van der Waals surface area contributed by atoms with Crippen LogP contribution in [0.2, 0.25) is 0 Å². The van der Waals surface area contributed by atoms with Crippen LogP contribution in [0.5, 0.6) is 0 Å². The van der Waals surface area contributed by atoms with Gasteiger partial charge in [0.05, 0.1) is 5.69 Å². The van der Waals surface area contributed by atoms with Crippen molar-refractivity contribution in [2.45, 2.75) is 45.7 Å². The first kappa shape index (κ1) is 14.1. The Kier molecular flexibility index (Phi) is 4.58. The van der Waals surface area contributed by atoms with Gasteiger partial charge in [-0.2, -0.15) is 5.10 Å². The Morgan fingerprint density at radius 1 is 1.58 bits per heavy atom. The molecule has 1 aliphatic rings. The Hall–Kier alpha value is -1.36. The number of carboxylic acids is 1. The number of aromatic nitrogens is 2. The van der Waals surface area contributed by atoms with Crippen molar-refractivity contribution in [1.29, 1.82) is 0 Å². The summed E-state index contributed by atoms with van der Waals surface area (Å²) in [5.41, 5.74) is 1.10. The Morgan fingerprint density at radius 3 is 3.00 bits per heavy atom. The van der Waals surface area contributed by atoms with E-state index in [4.69, 9.17) is 5.11 Å². The van der Waals surface area contributed by atoms with Gasteiger partial charge in [0.15, 0.2) is 0 Å². The summed E-state index contributed by atoms with van der Waals surface area (Å²) in [5, 5.41) is 13.3. The van der Waals surface area contributed by atoms with Crippen molar-refractivity contribution < 1.29 is 9.90 Å². The van der Waals surface area contributed by atoms with E-state index >= 15 is 0 Å². The molecule has 0 radical (unpaired) electrons. The third kappa shape index (κ3) is 4.06. The lowest BCUT2D eigenvalue weighted by atomic mass is 10.0. The van der Waals surface area contributed by atoms with E-state index in [-0.39, 0.29) is 0 Å². The molecule has 5 nitrogen and oxygen atoms in total. The van der Waals surface area contributed by atoms with Crippen LogP contribution < -0.4 is 0 Å². The molecule has 0 aliphatic carbocycles. The topological polar surface area (TPSA) is 58.4 Å². The summed E-state index contributed by atoms with van der Waals surface area (Å²) in [6, 6.07) is 2.47. The van der Waals surface area contributed by atoms with Crippen molar-refractivity contribution in [2.75, 3.05) is 13.1 Å². The number of carbonyl (C=O) groups is 1. The lowest BCUT2D eigenvalue weighted by Gasteiger charge is -2.14. The molecule has 2 heterocycles. The third-order valence-electron chi connectivity index (χ3n) is 3.71. The van der Waals surface area contributed by atoms with Crippen LogP contribution in [0.1, 0.15) is 44.8 Å². The van der Waals surface area contributed by atoms with Crippen LogP contribution in [-0.4, -0.2) is 38.8 Å². The van der Waals surface area contributed by atoms with Crippen molar-refractivity contribution in [1.82, 2.24) is 14.7 Å². The van der Waals surface area contributed by atoms with E-state index in [2.05, 4.69) is 29.9 Å². The number of nitrogens with zero attached hydrogens (tertiary/aromatic N) is 3. The molecule has 0 spiro atoms. The quantitative estimate of drug-likeness (QED) is 0.856. The largest absolute Gasteiger partial charge is 0.481 e. The zero-order valence-corrected chi connectivity index (χ0v) is 11.7. The zero-order valence-electron chi connectivity index (χ0n) is 11.7. The standard InChI is InChI=1S/C14H23N3O2/c1-11(2)17-8-6-13(15-17)10-16-7-5-12(9-16)3-4-14(18)19/h6,8,11-12H,3-5,7,9-10H2,1-2H3,(H,18,19). The van der Waals surface area contributed by atoms with Gasteiger partial charge in [-0.1, -0.05) is 0 Å². The molecule has 19 heavy (non-hydrogen) atoms. The fourth-order valence-corrected chi connectivity index (χ4v) is 2.60. The molecule has 106 valence electrons. The van der Waals surface area contributed by atoms with E-state index in [0.717, 1.165) is 38.2 Å². The van der Waals surface area contributed by atoms with Gasteiger partial charge in [-0.25, -0.2) is 0 Å². The van der Waals surface area contributed by atoms with Gasteiger partial charge in [-0.05, 0) is 45.2 Å². The highest BCUT2D eigenvalue weighted by Crippen LogP contribution is 2.22. The molecule has 1 aromatic rings. The second kappa shape index (κ2) is 6.19. The molecule has 1 aromatic heterocycles. The second-order valence-corrected chi connectivity index (χ2v) is 5.70. The van der Waals surface area contributed by atoms with Crippen LogP contribution in [0.25, 0.3) is 0 Å². The first-order chi connectivity index (χ1) is 9.04. The fourth-order valence-electron chi connectivity index (χ4n) is 2.60. The Morgan fingerprint density at radius 2 is 2.37 bits per heavy atom. The Labute approximate surface area is 114 Å². The molecule has 0 amide bonds. The summed E-state index contributed by atoms with van der Waals surface area (Å²) < 4.78 is 1.98. The smallest absolute Gasteiger partial charge is 0.303 e. The van der Waals surface area contributed by atoms with Gasteiger partial charge in [0.1, 0.15) is 0 Å². The van der Waals surface area contributed by atoms with Crippen molar-refractivity contribution in [3.63, 3.8) is 0 Å². The summed E-state index contributed by atoms with van der Waals surface area (Å²) in [7, 11) is 0. The average Bonchev–Trinajstić information content (AvgIpc) is 2.96. The molecule has 1 unspecified atom stereocenters. The van der Waals surface area contributed by atoms with Gasteiger partial charge in [0.25, 0.3) is 0 Å². The SMILES string of the molecule is CC(C)n1ccc(CN2CCC(CCC(=O)O)C2)n1. The Balaban J connectivity index is 1.79. The molecule has 0 bridgehead atoms.